The van der Waals surface area contributed by atoms with Gasteiger partial charge in [-0.1, -0.05) is 0 Å². The Balaban J connectivity index is 1.55. The maximum atomic E-state index is 13.8. The number of amides is 1. The lowest BCUT2D eigenvalue weighted by molar-refractivity contribution is -0.375. The quantitative estimate of drug-likeness (QED) is 0.0156. The molecule has 0 aromatic heterocycles. The number of hydrogen-bond acceptors (Lipinski definition) is 48. The molecule has 0 aliphatic carbocycles. The van der Waals surface area contributed by atoms with E-state index in [-0.39, 0.29) is 0 Å². The van der Waals surface area contributed by atoms with E-state index >= 15 is 0 Å². The molecule has 6 rings (SSSR count). The highest BCUT2D eigenvalue weighted by molar-refractivity contribution is 7.84. The van der Waals surface area contributed by atoms with Gasteiger partial charge >= 0.3 is 122 Å². The number of esters is 7. The van der Waals surface area contributed by atoms with Crippen LogP contribution in [0.15, 0.2) is 0 Å². The number of nitrogens with one attached hydrogen (secondary N) is 2. The highest BCUT2D eigenvalue weighted by atomic mass is 32.3. The summed E-state index contributed by atoms with van der Waals surface area (Å²) in [5.41, 5.74) is 0. The molecule has 13 N–H and O–H groups in total. The zero-order chi connectivity index (χ0) is 88.6. The van der Waals surface area contributed by atoms with Crippen molar-refractivity contribution < 1.29 is 262 Å². The number of carbonyl (C=O) groups is 11. The molecule has 0 spiro atoms. The van der Waals surface area contributed by atoms with E-state index in [1.54, 1.807) is 0 Å². The summed E-state index contributed by atoms with van der Waals surface area (Å²) in [5, 5.41) is 55.4. The van der Waals surface area contributed by atoms with E-state index in [1.165, 1.54) is 4.72 Å². The monoisotopic (exact) mass is 1830 g/mol. The molecule has 6 saturated heterocycles. The minimum Gasteiger partial charge on any atom is -0.479 e. The van der Waals surface area contributed by atoms with Crippen LogP contribution >= 0.6 is 0 Å². The minimum atomic E-state index is -6.51. The van der Waals surface area contributed by atoms with Crippen molar-refractivity contribution >= 4 is 128 Å². The third-order valence-corrected chi connectivity index (χ3v) is 18.8. The first-order valence-corrected chi connectivity index (χ1v) is 40.5. The van der Waals surface area contributed by atoms with Crippen molar-refractivity contribution in [3.05, 3.63) is 0 Å². The predicted molar refractivity (Wildman–Crippen MR) is 343 cm³/mol. The number of aliphatic hydroxyl groups is 2. The van der Waals surface area contributed by atoms with Gasteiger partial charge in [0.15, 0.2) is 98.6 Å². The molecule has 0 aromatic carbocycles. The van der Waals surface area contributed by atoms with E-state index in [0.29, 0.717) is 55.4 Å². The standard InChI is InChI=1S/C52H74N2O57S6/c1-13(56)53-25-32(93-15(3)58)30(103-50-42(97-19(7)62)34(94-16(4)59)27(64)35(105-50)45(65)66)23(11-90-114(77,78)79)100-48(25)106-36-38(95-17(5)60)43(98-20(8)63)51(108-40(36)46(67)68)104-31-24(12-91-115(80,81)82)101-49(26(54-112(71,72)73)33(31)110-116(83,84)85)107-37-39(96-18(6)61)44(111-117(86,87)88)52(109-41(37)47(69)70)102-29-22(10-89-113(74,75)76)99-21(9-55)28(29)92-14(2)57/h21-44,48-52,54-55,64H,9-12H2,1-8H3,(H,53,56)(H,65,66)(H,67,68)(H,69,70)(H,71,72,73)(H,74,75,76)(H,77,78,79)(H,80,81,82)(H,83,84,85)(H,86,87,88)/t21-,22-,23-,24-,25-,26-,27+,28-,29-,30-,31-,32-,33+,34+,35-,36+,37+,38+,39+,40+,41?,42-,43-,44-,48-,49-,50-,51-,52-/m1/s1. The number of carboxylic acids is 3. The lowest BCUT2D eigenvalue weighted by atomic mass is 9.93. The Bertz CT molecular complexity index is 4360. The Kier molecular flexibility index (Phi) is 33.8. The Hall–Kier alpha value is -7.13. The molecule has 0 saturated carbocycles. The molecule has 0 aromatic rings. The van der Waals surface area contributed by atoms with Crippen LogP contribution in [0, 0.1) is 0 Å². The maximum absolute atomic E-state index is 13.8. The molecular formula is C52H74N2O57S6. The van der Waals surface area contributed by atoms with Crippen LogP contribution in [0.1, 0.15) is 55.4 Å². The van der Waals surface area contributed by atoms with E-state index in [0.717, 1.165) is 0 Å². The lowest BCUT2D eigenvalue weighted by Gasteiger charge is -2.51. The Morgan fingerprint density at radius 3 is 0.974 bits per heavy atom. The lowest BCUT2D eigenvalue weighted by Crippen LogP contribution is -2.72. The Morgan fingerprint density at radius 2 is 0.615 bits per heavy atom. The number of ether oxygens (including phenoxy) is 18. The summed E-state index contributed by atoms with van der Waals surface area (Å²) in [6, 6.07) is -5.78. The first-order valence-electron chi connectivity index (χ1n) is 32.2. The average Bonchev–Trinajstić information content (AvgIpc) is 1.68. The van der Waals surface area contributed by atoms with Gasteiger partial charge < -0.3 is 116 Å². The fourth-order valence-electron chi connectivity index (χ4n) is 12.3. The molecule has 670 valence electrons. The van der Waals surface area contributed by atoms with Crippen LogP contribution in [0.2, 0.25) is 0 Å². The van der Waals surface area contributed by atoms with Gasteiger partial charge in [-0.3, -0.25) is 65.7 Å². The fourth-order valence-corrected chi connectivity index (χ4v) is 14.8. The molecule has 6 heterocycles. The average molecular weight is 1830 g/mol. The molecule has 29 atom stereocenters. The number of rotatable bonds is 37. The van der Waals surface area contributed by atoms with Gasteiger partial charge in [0.1, 0.15) is 79.2 Å². The van der Waals surface area contributed by atoms with Crippen LogP contribution < -0.4 is 10.0 Å². The third kappa shape index (κ3) is 28.8. The number of carbonyl (C=O) groups excluding carboxylic acids is 8. The second-order valence-electron chi connectivity index (χ2n) is 24.7. The van der Waals surface area contributed by atoms with Crippen molar-refractivity contribution in [1.29, 1.82) is 0 Å². The largest absolute Gasteiger partial charge is 0.479 e. The van der Waals surface area contributed by atoms with Crippen molar-refractivity contribution in [2.45, 2.75) is 233 Å². The molecular weight excluding hydrogens is 1760 g/mol. The van der Waals surface area contributed by atoms with Crippen molar-refractivity contribution in [2.75, 3.05) is 26.4 Å². The second kappa shape index (κ2) is 40.0. The van der Waals surface area contributed by atoms with Gasteiger partial charge in [-0.25, -0.2) is 35.3 Å². The Labute approximate surface area is 657 Å². The fraction of sp³-hybridized carbons (Fsp3) is 0.788. The van der Waals surface area contributed by atoms with Crippen LogP contribution in [0.25, 0.3) is 0 Å². The molecule has 1 amide bonds. The molecule has 65 heteroatoms. The number of hydrogen-bond donors (Lipinski definition) is 13. The van der Waals surface area contributed by atoms with Crippen LogP contribution in [0.4, 0.5) is 0 Å². The van der Waals surface area contributed by atoms with Gasteiger partial charge in [-0.15, -0.1) is 0 Å². The number of aliphatic hydroxyl groups excluding tert-OH is 2. The second-order valence-corrected chi connectivity index (χ2v) is 31.3. The minimum absolute atomic E-state index is 0.436. The molecule has 1 unspecified atom stereocenters. The maximum Gasteiger partial charge on any atom is 0.397 e. The van der Waals surface area contributed by atoms with E-state index in [4.69, 9.17) is 89.4 Å². The van der Waals surface area contributed by atoms with Gasteiger partial charge in [-0.2, -0.15) is 55.2 Å². The topological polar surface area (TPSA) is 851 Å². The van der Waals surface area contributed by atoms with Crippen LogP contribution in [0.3, 0.4) is 0 Å². The van der Waals surface area contributed by atoms with Crippen LogP contribution in [-0.2, 0) is 221 Å². The summed E-state index contributed by atoms with van der Waals surface area (Å²) in [5.74, 6) is -18.8. The summed E-state index contributed by atoms with van der Waals surface area (Å²) in [7, 11) is -36.3. The SMILES string of the molecule is CC(=O)N[C@H]1[C@@H](O[C@H]2[C@H](OC(C)=O)[C@@H](OC(C)=O)[C@H](O[C@H]3[C@@H](OS(=O)(=O)O)[C@@H](NS(=O)(=O)O)[C@@H](O[C@@H]4C(C(=O)O)O[C@@H](O[C@H]5[C@H](OC(C)=O)[C@@H](CO)O[C@@H]5COS(=O)(=O)O)[C@H](OS(=O)(=O)O)[C@H]4OC(C)=O)O[C@@H]3COS(=O)(=O)O)O[C@@H]2C(=O)O)O[C@H](COS(=O)(=O)O)[C@@H](O[C@@H]2O[C@@H](C(=O)O)[C@@H](O)[C@H](OC(C)=O)[C@H]2OC(C)=O)[C@@H]1OC(C)=O. The van der Waals surface area contributed by atoms with Crippen molar-refractivity contribution in [3.8, 4) is 0 Å². The summed E-state index contributed by atoms with van der Waals surface area (Å²) < 4.78 is 335. The van der Waals surface area contributed by atoms with E-state index in [2.05, 4.69) is 22.0 Å². The van der Waals surface area contributed by atoms with E-state index in [9.17, 15) is 156 Å². The van der Waals surface area contributed by atoms with Crippen molar-refractivity contribution in [3.63, 3.8) is 0 Å². The number of aliphatic carboxylic acids is 3. The van der Waals surface area contributed by atoms with Crippen LogP contribution in [0.5, 0.6) is 0 Å². The van der Waals surface area contributed by atoms with Crippen LogP contribution in [-0.4, -0.2) is 373 Å². The summed E-state index contributed by atoms with van der Waals surface area (Å²) >= 11 is 0. The summed E-state index contributed by atoms with van der Waals surface area (Å²) in [6.07, 6.45) is -74.7. The van der Waals surface area contributed by atoms with Gasteiger partial charge in [0.05, 0.1) is 26.4 Å². The van der Waals surface area contributed by atoms with Gasteiger partial charge in [0.2, 0.25) is 5.91 Å². The molecule has 6 aliphatic rings. The van der Waals surface area contributed by atoms with Crippen molar-refractivity contribution in [1.82, 2.24) is 10.0 Å². The van der Waals surface area contributed by atoms with E-state index in [1.807, 2.05) is 0 Å². The van der Waals surface area contributed by atoms with E-state index < -0.39 is 332 Å². The smallest absolute Gasteiger partial charge is 0.397 e. The van der Waals surface area contributed by atoms with Gasteiger partial charge in [0, 0.05) is 55.4 Å². The molecule has 59 nitrogen and oxygen atoms in total. The Morgan fingerprint density at radius 1 is 0.316 bits per heavy atom. The first-order chi connectivity index (χ1) is 53.6. The molecule has 117 heavy (non-hydrogen) atoms. The predicted octanol–water partition coefficient (Wildman–Crippen LogP) is -10.5. The highest BCUT2D eigenvalue weighted by Gasteiger charge is 2.65. The molecule has 6 aliphatic heterocycles. The normalized spacial score (nSPS) is 35.1. The third-order valence-electron chi connectivity index (χ3n) is 16.0. The zero-order valence-electron chi connectivity index (χ0n) is 60.2. The molecule has 0 radical (unpaired) electrons. The van der Waals surface area contributed by atoms with Gasteiger partial charge in [-0.05, 0) is 0 Å². The molecule has 0 bridgehead atoms. The molecule has 6 fully saturated rings. The number of carboxylic acid groups (broad SMARTS) is 3. The summed E-state index contributed by atoms with van der Waals surface area (Å²) in [6.45, 7) is -1.57. The zero-order valence-corrected chi connectivity index (χ0v) is 65.1. The summed E-state index contributed by atoms with van der Waals surface area (Å²) in [4.78, 5) is 144. The highest BCUT2D eigenvalue weighted by Crippen LogP contribution is 2.42. The van der Waals surface area contributed by atoms with Gasteiger partial charge in [0.25, 0.3) is 0 Å². The van der Waals surface area contributed by atoms with Crippen molar-refractivity contribution in [2.24, 2.45) is 0 Å². The first kappa shape index (κ1) is 98.7.